The van der Waals surface area contributed by atoms with Gasteiger partial charge in [-0.15, -0.1) is 4.59 Å². The lowest BCUT2D eigenvalue weighted by Crippen LogP contribution is -2.47. The van der Waals surface area contributed by atoms with Crippen LogP contribution < -0.4 is 15.2 Å². The number of nitrogens with zero attached hydrogens (tertiary/aromatic N) is 4. The monoisotopic (exact) mass is 354 g/mol. The van der Waals surface area contributed by atoms with Gasteiger partial charge in [0.05, 0.1) is 18.0 Å². The third-order valence-electron chi connectivity index (χ3n) is 4.98. The molecule has 0 radical (unpaired) electrons. The van der Waals surface area contributed by atoms with Crippen LogP contribution in [0.2, 0.25) is 0 Å². The molecule has 0 spiro atoms. The van der Waals surface area contributed by atoms with Gasteiger partial charge in [0, 0.05) is 25.3 Å². The number of thiophene rings is 1. The lowest BCUT2D eigenvalue weighted by atomic mass is 9.96. The normalized spacial score (nSPS) is 29.1. The maximum absolute atomic E-state index is 6.27. The summed E-state index contributed by atoms with van der Waals surface area (Å²) in [4.78, 5) is 6.78. The molecule has 4 rings (SSSR count). The molecule has 5 nitrogen and oxygen atoms in total. The van der Waals surface area contributed by atoms with Gasteiger partial charge in [0.25, 0.3) is 0 Å². The van der Waals surface area contributed by atoms with Crippen molar-refractivity contribution >= 4 is 34.5 Å². The van der Waals surface area contributed by atoms with E-state index >= 15 is 0 Å². The molecule has 2 aliphatic rings. The Morgan fingerprint density at radius 1 is 1.32 bits per heavy atom. The third-order valence-corrected chi connectivity index (χ3v) is 5.66. The number of allylic oxidation sites excluding steroid dienone is 1. The van der Waals surface area contributed by atoms with Crippen LogP contribution in [-0.2, 0) is 0 Å². The summed E-state index contributed by atoms with van der Waals surface area (Å²) in [5.74, 6) is 0.592. The van der Waals surface area contributed by atoms with Crippen LogP contribution in [0, 0.1) is 5.92 Å². The first-order valence-electron chi connectivity index (χ1n) is 8.67. The minimum Gasteiger partial charge on any atom is -0.365 e. The minimum absolute atomic E-state index is 0.217. The number of pyridine rings is 1. The fourth-order valence-electron chi connectivity index (χ4n) is 3.82. The smallest absolute Gasteiger partial charge is 0.205 e. The Kier molecular flexibility index (Phi) is 4.19. The van der Waals surface area contributed by atoms with Gasteiger partial charge in [-0.2, -0.15) is 11.3 Å². The number of hydrogen-bond donors (Lipinski definition) is 1. The van der Waals surface area contributed by atoms with Crippen molar-refractivity contribution in [3.8, 4) is 0 Å². The summed E-state index contributed by atoms with van der Waals surface area (Å²) in [5.41, 5.74) is 10.9. The Morgan fingerprint density at radius 3 is 2.96 bits per heavy atom. The largest absolute Gasteiger partial charge is 0.365 e. The van der Waals surface area contributed by atoms with Gasteiger partial charge in [0.1, 0.15) is 18.9 Å². The average molecular weight is 355 g/mol. The van der Waals surface area contributed by atoms with Crippen molar-refractivity contribution in [1.29, 1.82) is 0 Å². The first-order chi connectivity index (χ1) is 12.0. The highest BCUT2D eigenvalue weighted by Gasteiger charge is 2.34. The highest BCUT2D eigenvalue weighted by atomic mass is 32.1. The molecule has 0 saturated carbocycles. The van der Waals surface area contributed by atoms with E-state index in [-0.39, 0.29) is 6.04 Å². The van der Waals surface area contributed by atoms with E-state index in [1.165, 1.54) is 11.3 Å². The molecule has 0 aromatic carbocycles. The lowest BCUT2D eigenvalue weighted by molar-refractivity contribution is 0.398. The van der Waals surface area contributed by atoms with E-state index in [1.807, 2.05) is 18.6 Å². The predicted molar refractivity (Wildman–Crippen MR) is 107 cm³/mol. The van der Waals surface area contributed by atoms with Crippen LogP contribution in [-0.4, -0.2) is 37.4 Å². The molecule has 2 N–H and O–H groups in total. The molecule has 4 heterocycles. The Bertz CT molecular complexity index is 803. The van der Waals surface area contributed by atoms with Gasteiger partial charge >= 0.3 is 0 Å². The van der Waals surface area contributed by atoms with Gasteiger partial charge in [-0.3, -0.25) is 4.98 Å². The fourth-order valence-corrected chi connectivity index (χ4v) is 4.49. The molecule has 2 aromatic heterocycles. The Hall–Kier alpha value is -2.02. The molecule has 2 aromatic rings. The predicted octanol–water partition coefficient (Wildman–Crippen LogP) is 3.29. The molecule has 130 valence electrons. The van der Waals surface area contributed by atoms with E-state index in [9.17, 15) is 0 Å². The van der Waals surface area contributed by atoms with Crippen LogP contribution in [0.5, 0.6) is 0 Å². The molecule has 6 heteroatoms. The summed E-state index contributed by atoms with van der Waals surface area (Å²) >= 11 is 1.70. The molecule has 0 aliphatic carbocycles. The average Bonchev–Trinajstić information content (AvgIpc) is 3.24. The van der Waals surface area contributed by atoms with Crippen LogP contribution in [0.25, 0.3) is 5.57 Å². The summed E-state index contributed by atoms with van der Waals surface area (Å²) < 4.78 is 0.383. The molecular weight excluding hydrogens is 330 g/mol. The van der Waals surface area contributed by atoms with E-state index in [0.29, 0.717) is 10.5 Å². The fraction of sp³-hybridized carbons (Fsp3) is 0.368. The van der Waals surface area contributed by atoms with Crippen LogP contribution in [0.4, 0.5) is 11.4 Å². The van der Waals surface area contributed by atoms with Gasteiger partial charge in [-0.1, -0.05) is 12.0 Å². The number of piperidine rings is 1. The summed E-state index contributed by atoms with van der Waals surface area (Å²) in [6.45, 7) is 4.17. The topological polar surface area (TPSA) is 54.5 Å². The Morgan fingerprint density at radius 2 is 2.20 bits per heavy atom. The highest BCUT2D eigenvalue weighted by Crippen LogP contribution is 2.38. The van der Waals surface area contributed by atoms with Gasteiger partial charge in [-0.05, 0) is 40.8 Å². The molecular formula is C19H24N5S+. The summed E-state index contributed by atoms with van der Waals surface area (Å²) in [6, 6.07) is 4.44. The molecule has 3 atom stereocenters. The van der Waals surface area contributed by atoms with Gasteiger partial charge < -0.3 is 10.6 Å². The SMILES string of the molecule is CC1CC(N)CN(c2ccncc2[N+]2(C)C=C(c3ccsc3)C=N2)C1. The number of aromatic nitrogens is 1. The summed E-state index contributed by atoms with van der Waals surface area (Å²) in [5, 5.41) is 9.05. The zero-order valence-electron chi connectivity index (χ0n) is 14.7. The molecule has 0 bridgehead atoms. The third kappa shape index (κ3) is 3.13. The first kappa shape index (κ1) is 16.4. The van der Waals surface area contributed by atoms with E-state index in [2.05, 4.69) is 52.9 Å². The molecule has 25 heavy (non-hydrogen) atoms. The number of hydrogen-bond acceptors (Lipinski definition) is 5. The molecule has 3 unspecified atom stereocenters. The quantitative estimate of drug-likeness (QED) is 0.861. The molecule has 1 fully saturated rings. The van der Waals surface area contributed by atoms with Crippen LogP contribution in [0.3, 0.4) is 0 Å². The van der Waals surface area contributed by atoms with Crippen molar-refractivity contribution in [2.75, 3.05) is 25.0 Å². The lowest BCUT2D eigenvalue weighted by Gasteiger charge is -2.37. The van der Waals surface area contributed by atoms with E-state index in [0.717, 1.165) is 30.8 Å². The van der Waals surface area contributed by atoms with Gasteiger partial charge in [-0.25, -0.2) is 0 Å². The van der Waals surface area contributed by atoms with Crippen molar-refractivity contribution in [2.45, 2.75) is 19.4 Å². The van der Waals surface area contributed by atoms with Crippen LogP contribution in [0.15, 0.2) is 46.6 Å². The Labute approximate surface area is 152 Å². The van der Waals surface area contributed by atoms with Crippen molar-refractivity contribution in [2.24, 2.45) is 16.8 Å². The van der Waals surface area contributed by atoms with E-state index in [4.69, 9.17) is 10.8 Å². The van der Waals surface area contributed by atoms with Crippen molar-refractivity contribution < 1.29 is 0 Å². The van der Waals surface area contributed by atoms with Crippen molar-refractivity contribution in [1.82, 2.24) is 9.58 Å². The summed E-state index contributed by atoms with van der Waals surface area (Å²) in [7, 11) is 2.10. The standard InChI is InChI=1S/C19H24N5S/c1-14-7-17(20)11-23(10-14)18-3-5-21-9-19(18)24(2)12-16(8-22-24)15-4-6-25-13-15/h3-6,8-9,12-14,17H,7,10-11,20H2,1-2H3/q+1. The van der Waals surface area contributed by atoms with E-state index < -0.39 is 0 Å². The summed E-state index contributed by atoms with van der Waals surface area (Å²) in [6.07, 6.45) is 9.03. The molecule has 1 saturated heterocycles. The number of anilines is 1. The number of rotatable bonds is 3. The number of nitrogens with two attached hydrogens (primary N) is 1. The van der Waals surface area contributed by atoms with Gasteiger partial charge in [0.15, 0.2) is 0 Å². The van der Waals surface area contributed by atoms with E-state index in [1.54, 1.807) is 11.3 Å². The zero-order chi connectivity index (χ0) is 17.4. The number of quaternary nitrogens is 1. The minimum atomic E-state index is 0.217. The molecule has 2 aliphatic heterocycles. The first-order valence-corrected chi connectivity index (χ1v) is 9.62. The van der Waals surface area contributed by atoms with Crippen molar-refractivity contribution in [3.05, 3.63) is 47.0 Å². The second-order valence-corrected chi connectivity index (χ2v) is 8.02. The maximum Gasteiger partial charge on any atom is 0.205 e. The van der Waals surface area contributed by atoms with Crippen LogP contribution in [0.1, 0.15) is 18.9 Å². The molecule has 0 amide bonds. The maximum atomic E-state index is 6.27. The van der Waals surface area contributed by atoms with Gasteiger partial charge in [0.2, 0.25) is 5.69 Å². The second-order valence-electron chi connectivity index (χ2n) is 7.24. The van der Waals surface area contributed by atoms with Crippen molar-refractivity contribution in [3.63, 3.8) is 0 Å². The van der Waals surface area contributed by atoms with Crippen LogP contribution >= 0.6 is 11.3 Å². The second kappa shape index (κ2) is 6.37. The zero-order valence-corrected chi connectivity index (χ0v) is 15.5. The Balaban J connectivity index is 1.71. The highest BCUT2D eigenvalue weighted by molar-refractivity contribution is 7.08.